The first-order chi connectivity index (χ1) is 13.6. The number of hydrogen-bond acceptors (Lipinski definition) is 5. The maximum absolute atomic E-state index is 12.2. The standard InChI is InChI=1S/C22H18N2O4/c1-15-6-9-20-23-18(11-21(25)24(20)12-15)13-28-22(26)14-27-19-8-7-16-4-2-3-5-17(16)10-19/h2-12H,13-14H2,1H3. The maximum atomic E-state index is 12.2. The zero-order chi connectivity index (χ0) is 19.5. The lowest BCUT2D eigenvalue weighted by atomic mass is 10.1. The van der Waals surface area contributed by atoms with Crippen LogP contribution in [0.25, 0.3) is 16.4 Å². The van der Waals surface area contributed by atoms with Gasteiger partial charge in [0.15, 0.2) is 6.61 Å². The number of aromatic nitrogens is 2. The molecular formula is C22H18N2O4. The minimum absolute atomic E-state index is 0.0838. The summed E-state index contributed by atoms with van der Waals surface area (Å²) in [5, 5.41) is 2.13. The highest BCUT2D eigenvalue weighted by molar-refractivity contribution is 5.83. The van der Waals surface area contributed by atoms with Crippen molar-refractivity contribution in [1.82, 2.24) is 9.38 Å². The van der Waals surface area contributed by atoms with Crippen molar-refractivity contribution in [2.45, 2.75) is 13.5 Å². The molecule has 0 saturated heterocycles. The Labute approximate surface area is 161 Å². The molecule has 2 aromatic heterocycles. The summed E-state index contributed by atoms with van der Waals surface area (Å²) in [7, 11) is 0. The number of nitrogens with zero attached hydrogens (tertiary/aromatic N) is 2. The number of esters is 1. The second kappa shape index (κ2) is 7.52. The Balaban J connectivity index is 1.38. The highest BCUT2D eigenvalue weighted by Gasteiger charge is 2.08. The largest absolute Gasteiger partial charge is 0.482 e. The van der Waals surface area contributed by atoms with Crippen LogP contribution in [0.15, 0.2) is 71.7 Å². The van der Waals surface area contributed by atoms with Crippen LogP contribution >= 0.6 is 0 Å². The van der Waals surface area contributed by atoms with Crippen molar-refractivity contribution in [1.29, 1.82) is 0 Å². The second-order valence-electron chi connectivity index (χ2n) is 6.48. The number of rotatable bonds is 5. The van der Waals surface area contributed by atoms with Gasteiger partial charge in [-0.25, -0.2) is 9.78 Å². The fourth-order valence-corrected chi connectivity index (χ4v) is 2.93. The van der Waals surface area contributed by atoms with Crippen LogP contribution in [-0.2, 0) is 16.1 Å². The van der Waals surface area contributed by atoms with Gasteiger partial charge in [0.25, 0.3) is 5.56 Å². The zero-order valence-corrected chi connectivity index (χ0v) is 15.3. The average molecular weight is 374 g/mol. The summed E-state index contributed by atoms with van der Waals surface area (Å²) in [4.78, 5) is 28.5. The van der Waals surface area contributed by atoms with E-state index < -0.39 is 5.97 Å². The van der Waals surface area contributed by atoms with Gasteiger partial charge in [-0.15, -0.1) is 0 Å². The van der Waals surface area contributed by atoms with Gasteiger partial charge in [-0.3, -0.25) is 9.20 Å². The molecule has 0 aliphatic heterocycles. The van der Waals surface area contributed by atoms with Gasteiger partial charge in [-0.2, -0.15) is 0 Å². The Morgan fingerprint density at radius 3 is 2.71 bits per heavy atom. The van der Waals surface area contributed by atoms with E-state index in [9.17, 15) is 9.59 Å². The van der Waals surface area contributed by atoms with E-state index in [1.165, 1.54) is 10.5 Å². The Hall–Kier alpha value is -3.67. The monoisotopic (exact) mass is 374 g/mol. The minimum Gasteiger partial charge on any atom is -0.482 e. The molecule has 6 heteroatoms. The van der Waals surface area contributed by atoms with Gasteiger partial charge < -0.3 is 9.47 Å². The Kier molecular flexibility index (Phi) is 4.76. The first-order valence-electron chi connectivity index (χ1n) is 8.85. The lowest BCUT2D eigenvalue weighted by molar-refractivity contribution is -0.147. The van der Waals surface area contributed by atoms with Crippen LogP contribution < -0.4 is 10.3 Å². The molecular weight excluding hydrogens is 356 g/mol. The van der Waals surface area contributed by atoms with E-state index >= 15 is 0 Å². The summed E-state index contributed by atoms with van der Waals surface area (Å²) in [6, 6.07) is 18.5. The van der Waals surface area contributed by atoms with Crippen molar-refractivity contribution in [2.24, 2.45) is 0 Å². The van der Waals surface area contributed by atoms with E-state index in [2.05, 4.69) is 4.98 Å². The molecule has 0 radical (unpaired) electrons. The van der Waals surface area contributed by atoms with Gasteiger partial charge in [0.2, 0.25) is 0 Å². The molecule has 2 aromatic carbocycles. The summed E-state index contributed by atoms with van der Waals surface area (Å²) >= 11 is 0. The van der Waals surface area contributed by atoms with E-state index in [1.807, 2.05) is 55.5 Å². The fraction of sp³-hybridized carbons (Fsp3) is 0.136. The summed E-state index contributed by atoms with van der Waals surface area (Å²) in [5.74, 6) is 0.0622. The number of carbonyl (C=O) groups excluding carboxylic acids is 1. The summed E-state index contributed by atoms with van der Waals surface area (Å²) in [6.45, 7) is 1.60. The third-order valence-electron chi connectivity index (χ3n) is 4.32. The molecule has 140 valence electrons. The van der Waals surface area contributed by atoms with Crippen LogP contribution in [0, 0.1) is 6.92 Å². The molecule has 6 nitrogen and oxygen atoms in total. The number of hydrogen-bond donors (Lipinski definition) is 0. The predicted octanol–water partition coefficient (Wildman–Crippen LogP) is 3.28. The quantitative estimate of drug-likeness (QED) is 0.502. The normalized spacial score (nSPS) is 10.9. The molecule has 4 aromatic rings. The second-order valence-corrected chi connectivity index (χ2v) is 6.48. The highest BCUT2D eigenvalue weighted by Crippen LogP contribution is 2.20. The molecule has 0 fully saturated rings. The fourth-order valence-electron chi connectivity index (χ4n) is 2.93. The van der Waals surface area contributed by atoms with Crippen LogP contribution in [0.3, 0.4) is 0 Å². The Morgan fingerprint density at radius 1 is 1.04 bits per heavy atom. The summed E-state index contributed by atoms with van der Waals surface area (Å²) in [5.41, 5.74) is 1.65. The molecule has 0 aliphatic rings. The lowest BCUT2D eigenvalue weighted by Crippen LogP contribution is -2.18. The van der Waals surface area contributed by atoms with E-state index in [0.29, 0.717) is 17.1 Å². The SMILES string of the molecule is Cc1ccc2nc(COC(=O)COc3ccc4ccccc4c3)cc(=O)n2c1. The maximum Gasteiger partial charge on any atom is 0.344 e. The topological polar surface area (TPSA) is 69.9 Å². The van der Waals surface area contributed by atoms with Crippen molar-refractivity contribution in [3.63, 3.8) is 0 Å². The van der Waals surface area contributed by atoms with Gasteiger partial charge in [-0.1, -0.05) is 36.4 Å². The predicted molar refractivity (Wildman–Crippen MR) is 105 cm³/mol. The van der Waals surface area contributed by atoms with Crippen molar-refractivity contribution in [3.8, 4) is 5.75 Å². The number of ether oxygens (including phenoxy) is 2. The van der Waals surface area contributed by atoms with Crippen LogP contribution in [0.2, 0.25) is 0 Å². The van der Waals surface area contributed by atoms with E-state index in [1.54, 1.807) is 12.3 Å². The van der Waals surface area contributed by atoms with E-state index in [0.717, 1.165) is 16.3 Å². The molecule has 0 unspecified atom stereocenters. The van der Waals surface area contributed by atoms with Gasteiger partial charge in [0.05, 0.1) is 5.69 Å². The number of benzene rings is 2. The first-order valence-corrected chi connectivity index (χ1v) is 8.85. The molecule has 0 atom stereocenters. The molecule has 0 amide bonds. The summed E-state index contributed by atoms with van der Waals surface area (Å²) < 4.78 is 12.2. The Bertz CT molecular complexity index is 1230. The van der Waals surface area contributed by atoms with Crippen LogP contribution in [0.5, 0.6) is 5.75 Å². The van der Waals surface area contributed by atoms with Gasteiger partial charge in [0.1, 0.15) is 18.0 Å². The minimum atomic E-state index is -0.529. The van der Waals surface area contributed by atoms with Crippen molar-refractivity contribution >= 4 is 22.4 Å². The summed E-state index contributed by atoms with van der Waals surface area (Å²) in [6.07, 6.45) is 1.72. The molecule has 28 heavy (non-hydrogen) atoms. The molecule has 0 bridgehead atoms. The molecule has 0 saturated carbocycles. The van der Waals surface area contributed by atoms with Gasteiger partial charge >= 0.3 is 5.97 Å². The van der Waals surface area contributed by atoms with Gasteiger partial charge in [-0.05, 0) is 41.5 Å². The van der Waals surface area contributed by atoms with Crippen molar-refractivity contribution in [3.05, 3.63) is 88.5 Å². The van der Waals surface area contributed by atoms with Crippen LogP contribution in [0.1, 0.15) is 11.3 Å². The molecule has 4 rings (SSSR count). The molecule has 2 heterocycles. The zero-order valence-electron chi connectivity index (χ0n) is 15.3. The first kappa shape index (κ1) is 17.7. The third-order valence-corrected chi connectivity index (χ3v) is 4.32. The smallest absolute Gasteiger partial charge is 0.344 e. The van der Waals surface area contributed by atoms with Crippen LogP contribution in [-0.4, -0.2) is 22.0 Å². The number of fused-ring (bicyclic) bond motifs is 2. The van der Waals surface area contributed by atoms with E-state index in [-0.39, 0.29) is 18.8 Å². The van der Waals surface area contributed by atoms with Crippen LogP contribution in [0.4, 0.5) is 0 Å². The Morgan fingerprint density at radius 2 is 1.86 bits per heavy atom. The van der Waals surface area contributed by atoms with Crippen molar-refractivity contribution in [2.75, 3.05) is 6.61 Å². The number of carbonyl (C=O) groups is 1. The van der Waals surface area contributed by atoms with Crippen molar-refractivity contribution < 1.29 is 14.3 Å². The number of pyridine rings is 1. The number of aryl methyl sites for hydroxylation is 1. The third kappa shape index (κ3) is 3.86. The van der Waals surface area contributed by atoms with Gasteiger partial charge in [0, 0.05) is 12.3 Å². The van der Waals surface area contributed by atoms with E-state index in [4.69, 9.17) is 9.47 Å². The molecule has 0 aliphatic carbocycles. The average Bonchev–Trinajstić information content (AvgIpc) is 2.71. The molecule has 0 N–H and O–H groups in total. The highest BCUT2D eigenvalue weighted by atomic mass is 16.6. The lowest BCUT2D eigenvalue weighted by Gasteiger charge is -2.08. The molecule has 0 spiro atoms.